The summed E-state index contributed by atoms with van der Waals surface area (Å²) >= 11 is 0. The fraction of sp³-hybridized carbons (Fsp3) is 0.857. The Labute approximate surface area is 115 Å². The molecule has 0 aromatic rings. The third kappa shape index (κ3) is 4.20. The van der Waals surface area contributed by atoms with Gasteiger partial charge in [-0.3, -0.25) is 4.79 Å². The molecular weight excluding hydrogens is 244 g/mol. The molecule has 1 heterocycles. The zero-order valence-electron chi connectivity index (χ0n) is 12.4. The predicted octanol–water partition coefficient (Wildman–Crippen LogP) is 1.22. The number of carbonyl (C=O) groups is 2. The summed E-state index contributed by atoms with van der Waals surface area (Å²) in [5.41, 5.74) is -0.908. The maximum Gasteiger partial charge on any atom is 0.331 e. The highest BCUT2D eigenvalue weighted by Crippen LogP contribution is 2.20. The van der Waals surface area contributed by atoms with E-state index in [1.54, 1.807) is 6.92 Å². The first kappa shape index (κ1) is 16.0. The van der Waals surface area contributed by atoms with Crippen molar-refractivity contribution in [1.29, 1.82) is 0 Å². The first-order valence-electron chi connectivity index (χ1n) is 7.06. The lowest BCUT2D eigenvalue weighted by molar-refractivity contribution is -0.151. The fourth-order valence-electron chi connectivity index (χ4n) is 2.68. The Kier molecular flexibility index (Phi) is 5.79. The van der Waals surface area contributed by atoms with Crippen molar-refractivity contribution in [2.45, 2.75) is 58.0 Å². The van der Waals surface area contributed by atoms with E-state index in [0.717, 1.165) is 25.8 Å². The molecule has 2 N–H and O–H groups in total. The minimum absolute atomic E-state index is 0.0166. The second-order valence-electron chi connectivity index (χ2n) is 5.64. The second kappa shape index (κ2) is 6.89. The largest absolute Gasteiger partial charge is 0.467 e. The van der Waals surface area contributed by atoms with Crippen molar-refractivity contribution < 1.29 is 14.3 Å². The third-order valence-corrected chi connectivity index (χ3v) is 3.78. The van der Waals surface area contributed by atoms with Gasteiger partial charge in [0.25, 0.3) is 0 Å². The lowest BCUT2D eigenvalue weighted by atomic mass is 9.89. The van der Waals surface area contributed by atoms with E-state index in [1.165, 1.54) is 7.11 Å². The van der Waals surface area contributed by atoms with Gasteiger partial charge >= 0.3 is 5.97 Å². The van der Waals surface area contributed by atoms with Crippen molar-refractivity contribution in [3.8, 4) is 0 Å². The topological polar surface area (TPSA) is 67.4 Å². The third-order valence-electron chi connectivity index (χ3n) is 3.78. The molecular formula is C14H26N2O3. The standard InChI is InChI=1S/C14H26N2O3/c1-5-7-14(3,13(18)19-4)16-12(17)11-6-8-15-10(2)9-11/h10-11,15H,5-9H2,1-4H3,(H,16,17)/t10-,11-,14?/m0/s1. The molecule has 19 heavy (non-hydrogen) atoms. The molecule has 1 saturated heterocycles. The molecule has 0 spiro atoms. The Bertz CT molecular complexity index is 333. The van der Waals surface area contributed by atoms with Crippen LogP contribution >= 0.6 is 0 Å². The number of carbonyl (C=O) groups excluding carboxylic acids is 2. The molecule has 1 rings (SSSR count). The van der Waals surface area contributed by atoms with Gasteiger partial charge in [-0.2, -0.15) is 0 Å². The van der Waals surface area contributed by atoms with Gasteiger partial charge in [0, 0.05) is 12.0 Å². The Morgan fingerprint density at radius 2 is 2.16 bits per heavy atom. The predicted molar refractivity (Wildman–Crippen MR) is 73.7 cm³/mol. The molecule has 5 nitrogen and oxygen atoms in total. The van der Waals surface area contributed by atoms with E-state index in [4.69, 9.17) is 4.74 Å². The average molecular weight is 270 g/mol. The van der Waals surface area contributed by atoms with Crippen molar-refractivity contribution in [2.24, 2.45) is 5.92 Å². The molecule has 0 bridgehead atoms. The fourth-order valence-corrected chi connectivity index (χ4v) is 2.68. The number of piperidine rings is 1. The summed E-state index contributed by atoms with van der Waals surface area (Å²) in [5.74, 6) is -0.420. The zero-order valence-corrected chi connectivity index (χ0v) is 12.4. The highest BCUT2D eigenvalue weighted by Gasteiger charge is 2.37. The van der Waals surface area contributed by atoms with Gasteiger partial charge in [-0.05, 0) is 39.7 Å². The van der Waals surface area contributed by atoms with Gasteiger partial charge in [0.2, 0.25) is 5.91 Å². The Balaban J connectivity index is 2.68. The summed E-state index contributed by atoms with van der Waals surface area (Å²) in [4.78, 5) is 24.2. The van der Waals surface area contributed by atoms with Crippen LogP contribution < -0.4 is 10.6 Å². The monoisotopic (exact) mass is 270 g/mol. The number of hydrogen-bond donors (Lipinski definition) is 2. The van der Waals surface area contributed by atoms with E-state index in [0.29, 0.717) is 12.5 Å². The Morgan fingerprint density at radius 1 is 1.47 bits per heavy atom. The molecule has 0 aliphatic carbocycles. The first-order valence-corrected chi connectivity index (χ1v) is 7.06. The minimum Gasteiger partial charge on any atom is -0.467 e. The Morgan fingerprint density at radius 3 is 2.68 bits per heavy atom. The molecule has 110 valence electrons. The minimum atomic E-state index is -0.908. The molecule has 1 fully saturated rings. The lowest BCUT2D eigenvalue weighted by Crippen LogP contribution is -2.55. The number of methoxy groups -OCH3 is 1. The van der Waals surface area contributed by atoms with Gasteiger partial charge in [-0.1, -0.05) is 13.3 Å². The van der Waals surface area contributed by atoms with Crippen molar-refractivity contribution in [2.75, 3.05) is 13.7 Å². The highest BCUT2D eigenvalue weighted by molar-refractivity contribution is 5.88. The number of nitrogens with one attached hydrogen (secondary N) is 2. The van der Waals surface area contributed by atoms with Crippen LogP contribution in [0.3, 0.4) is 0 Å². The van der Waals surface area contributed by atoms with Gasteiger partial charge in [-0.15, -0.1) is 0 Å². The molecule has 1 aliphatic rings. The molecule has 3 atom stereocenters. The molecule has 5 heteroatoms. The van der Waals surface area contributed by atoms with E-state index < -0.39 is 5.54 Å². The van der Waals surface area contributed by atoms with Crippen LogP contribution in [0.1, 0.15) is 46.5 Å². The molecule has 0 saturated carbocycles. The maximum atomic E-state index is 12.3. The summed E-state index contributed by atoms with van der Waals surface area (Å²) < 4.78 is 4.81. The van der Waals surface area contributed by atoms with E-state index in [1.807, 2.05) is 6.92 Å². The van der Waals surface area contributed by atoms with Crippen molar-refractivity contribution in [3.63, 3.8) is 0 Å². The normalized spacial score (nSPS) is 26.3. The second-order valence-corrected chi connectivity index (χ2v) is 5.64. The van der Waals surface area contributed by atoms with Crippen molar-refractivity contribution >= 4 is 11.9 Å². The smallest absolute Gasteiger partial charge is 0.331 e. The van der Waals surface area contributed by atoms with Gasteiger partial charge in [0.15, 0.2) is 0 Å². The van der Waals surface area contributed by atoms with E-state index in [-0.39, 0.29) is 17.8 Å². The number of esters is 1. The molecule has 1 amide bonds. The van der Waals surface area contributed by atoms with Gasteiger partial charge in [-0.25, -0.2) is 4.79 Å². The molecule has 1 aliphatic heterocycles. The summed E-state index contributed by atoms with van der Waals surface area (Å²) in [6.45, 7) is 6.65. The van der Waals surface area contributed by atoms with E-state index >= 15 is 0 Å². The number of hydrogen-bond acceptors (Lipinski definition) is 4. The van der Waals surface area contributed by atoms with Crippen LogP contribution in [0, 0.1) is 5.92 Å². The molecule has 0 aromatic heterocycles. The van der Waals surface area contributed by atoms with Gasteiger partial charge in [0.1, 0.15) is 5.54 Å². The molecule has 0 aromatic carbocycles. The zero-order chi connectivity index (χ0) is 14.5. The van der Waals surface area contributed by atoms with Crippen LogP contribution in [0.5, 0.6) is 0 Å². The van der Waals surface area contributed by atoms with E-state index in [2.05, 4.69) is 17.6 Å². The van der Waals surface area contributed by atoms with Crippen molar-refractivity contribution in [1.82, 2.24) is 10.6 Å². The first-order chi connectivity index (χ1) is 8.92. The average Bonchev–Trinajstić information content (AvgIpc) is 2.37. The van der Waals surface area contributed by atoms with Crippen LogP contribution in [0.4, 0.5) is 0 Å². The van der Waals surface area contributed by atoms with Crippen LogP contribution in [-0.4, -0.2) is 37.1 Å². The van der Waals surface area contributed by atoms with Crippen molar-refractivity contribution in [3.05, 3.63) is 0 Å². The van der Waals surface area contributed by atoms with Crippen LogP contribution in [0.25, 0.3) is 0 Å². The molecule has 1 unspecified atom stereocenters. The van der Waals surface area contributed by atoms with Crippen LogP contribution in [-0.2, 0) is 14.3 Å². The summed E-state index contributed by atoms with van der Waals surface area (Å²) in [6, 6.07) is 0.347. The van der Waals surface area contributed by atoms with Gasteiger partial charge < -0.3 is 15.4 Å². The number of ether oxygens (including phenoxy) is 1. The van der Waals surface area contributed by atoms with Gasteiger partial charge in [0.05, 0.1) is 7.11 Å². The highest BCUT2D eigenvalue weighted by atomic mass is 16.5. The maximum absolute atomic E-state index is 12.3. The van der Waals surface area contributed by atoms with Crippen LogP contribution in [0.2, 0.25) is 0 Å². The van der Waals surface area contributed by atoms with E-state index in [9.17, 15) is 9.59 Å². The lowest BCUT2D eigenvalue weighted by Gasteiger charge is -2.32. The SMILES string of the molecule is CCCC(C)(NC(=O)[C@H]1CCN[C@@H](C)C1)C(=O)OC. The summed E-state index contributed by atoms with van der Waals surface area (Å²) in [5, 5.41) is 6.21. The summed E-state index contributed by atoms with van der Waals surface area (Å²) in [6.07, 6.45) is 3.04. The number of rotatable bonds is 5. The summed E-state index contributed by atoms with van der Waals surface area (Å²) in [7, 11) is 1.36. The number of amides is 1. The molecule has 0 radical (unpaired) electrons. The Hall–Kier alpha value is -1.10. The van der Waals surface area contributed by atoms with Crippen LogP contribution in [0.15, 0.2) is 0 Å². The quantitative estimate of drug-likeness (QED) is 0.737.